The molecule has 0 unspecified atom stereocenters. The van der Waals surface area contributed by atoms with Crippen LogP contribution in [-0.4, -0.2) is 33.6 Å². The van der Waals surface area contributed by atoms with Gasteiger partial charge in [-0.05, 0) is 49.6 Å². The molecule has 3 aromatic rings. The minimum absolute atomic E-state index is 0.0542. The fraction of sp³-hybridized carbons (Fsp3) is 0.238. The first-order valence-corrected chi connectivity index (χ1v) is 10.9. The summed E-state index contributed by atoms with van der Waals surface area (Å²) in [5.41, 5.74) is 1.59. The zero-order valence-electron chi connectivity index (χ0n) is 16.9. The number of hydrogen-bond donors (Lipinski definition) is 2. The fourth-order valence-electron chi connectivity index (χ4n) is 3.39. The van der Waals surface area contributed by atoms with Crippen molar-refractivity contribution in [2.75, 3.05) is 17.2 Å². The number of amides is 3. The minimum atomic E-state index is -1.07. The SMILES string of the molecule is Cc1ccc(NC(=O)N2CCC[C@H]2c2nnc(C(=O)Nc3ccc(F)c(F)c3)s2)c(Cl)c1. The number of halogens is 3. The van der Waals surface area contributed by atoms with E-state index in [1.807, 2.05) is 13.0 Å². The number of carbonyl (C=O) groups excluding carboxylic acids is 2. The number of carbonyl (C=O) groups is 2. The molecule has 1 saturated heterocycles. The molecule has 0 saturated carbocycles. The predicted molar refractivity (Wildman–Crippen MR) is 118 cm³/mol. The number of aryl methyl sites for hydroxylation is 1. The molecule has 0 bridgehead atoms. The lowest BCUT2D eigenvalue weighted by molar-refractivity contribution is 0.102. The fourth-order valence-corrected chi connectivity index (χ4v) is 4.56. The number of nitrogens with one attached hydrogen (secondary N) is 2. The number of anilines is 2. The van der Waals surface area contributed by atoms with Crippen molar-refractivity contribution in [3.8, 4) is 0 Å². The number of aromatic nitrogens is 2. The zero-order valence-corrected chi connectivity index (χ0v) is 18.4. The van der Waals surface area contributed by atoms with Crippen LogP contribution in [0.15, 0.2) is 36.4 Å². The Labute approximate surface area is 191 Å². The minimum Gasteiger partial charge on any atom is -0.320 e. The van der Waals surface area contributed by atoms with Gasteiger partial charge in [-0.2, -0.15) is 0 Å². The van der Waals surface area contributed by atoms with Crippen molar-refractivity contribution in [1.29, 1.82) is 0 Å². The molecule has 166 valence electrons. The number of likely N-dealkylation sites (tertiary alicyclic amines) is 1. The number of rotatable bonds is 4. The monoisotopic (exact) mass is 477 g/mol. The van der Waals surface area contributed by atoms with Gasteiger partial charge in [0.1, 0.15) is 5.01 Å². The maximum Gasteiger partial charge on any atom is 0.322 e. The van der Waals surface area contributed by atoms with Crippen molar-refractivity contribution in [1.82, 2.24) is 15.1 Å². The van der Waals surface area contributed by atoms with E-state index in [-0.39, 0.29) is 22.8 Å². The largest absolute Gasteiger partial charge is 0.322 e. The normalized spacial score (nSPS) is 15.6. The number of nitrogens with zero attached hydrogens (tertiary/aromatic N) is 3. The molecule has 0 radical (unpaired) electrons. The summed E-state index contributed by atoms with van der Waals surface area (Å²) < 4.78 is 26.4. The maximum atomic E-state index is 13.4. The number of hydrogen-bond acceptors (Lipinski definition) is 5. The molecular formula is C21H18ClF2N5O2S. The van der Waals surface area contributed by atoms with Crippen LogP contribution < -0.4 is 10.6 Å². The smallest absolute Gasteiger partial charge is 0.320 e. The van der Waals surface area contributed by atoms with Gasteiger partial charge in [-0.15, -0.1) is 10.2 Å². The highest BCUT2D eigenvalue weighted by atomic mass is 35.5. The van der Waals surface area contributed by atoms with Gasteiger partial charge >= 0.3 is 6.03 Å². The third-order valence-corrected chi connectivity index (χ3v) is 6.31. The molecule has 1 aliphatic rings. The second-order valence-electron chi connectivity index (χ2n) is 7.29. The average molecular weight is 478 g/mol. The van der Waals surface area contributed by atoms with Crippen molar-refractivity contribution < 1.29 is 18.4 Å². The Balaban J connectivity index is 1.45. The molecule has 4 rings (SSSR count). The average Bonchev–Trinajstić information content (AvgIpc) is 3.42. The van der Waals surface area contributed by atoms with E-state index in [0.717, 1.165) is 35.5 Å². The highest BCUT2D eigenvalue weighted by molar-refractivity contribution is 7.13. The van der Waals surface area contributed by atoms with Gasteiger partial charge in [0.15, 0.2) is 11.6 Å². The second kappa shape index (κ2) is 9.17. The Morgan fingerprint density at radius 3 is 2.69 bits per heavy atom. The van der Waals surface area contributed by atoms with Gasteiger partial charge in [-0.3, -0.25) is 4.79 Å². The van der Waals surface area contributed by atoms with Gasteiger partial charge in [0.05, 0.1) is 16.8 Å². The first-order chi connectivity index (χ1) is 15.3. The lowest BCUT2D eigenvalue weighted by atomic mass is 10.2. The predicted octanol–water partition coefficient (Wildman–Crippen LogP) is 5.40. The molecule has 11 heteroatoms. The van der Waals surface area contributed by atoms with Crippen molar-refractivity contribution in [3.05, 3.63) is 68.6 Å². The van der Waals surface area contributed by atoms with Gasteiger partial charge in [-0.25, -0.2) is 13.6 Å². The summed E-state index contributed by atoms with van der Waals surface area (Å²) in [5.74, 6) is -2.67. The van der Waals surface area contributed by atoms with Crippen LogP contribution in [0.1, 0.15) is 39.3 Å². The Morgan fingerprint density at radius 1 is 1.12 bits per heavy atom. The summed E-state index contributed by atoms with van der Waals surface area (Å²) >= 11 is 7.26. The third-order valence-electron chi connectivity index (χ3n) is 4.98. The quantitative estimate of drug-likeness (QED) is 0.526. The van der Waals surface area contributed by atoms with Gasteiger partial charge in [0.25, 0.3) is 5.91 Å². The third kappa shape index (κ3) is 4.71. The molecule has 2 aromatic carbocycles. The molecule has 32 heavy (non-hydrogen) atoms. The van der Waals surface area contributed by atoms with E-state index >= 15 is 0 Å². The summed E-state index contributed by atoms with van der Waals surface area (Å²) in [7, 11) is 0. The second-order valence-corrected chi connectivity index (χ2v) is 8.71. The summed E-state index contributed by atoms with van der Waals surface area (Å²) in [6, 6.07) is 7.76. The summed E-state index contributed by atoms with van der Waals surface area (Å²) in [6.45, 7) is 2.43. The van der Waals surface area contributed by atoms with E-state index in [2.05, 4.69) is 20.8 Å². The van der Waals surface area contributed by atoms with Crippen LogP contribution >= 0.6 is 22.9 Å². The van der Waals surface area contributed by atoms with Crippen molar-refractivity contribution in [3.63, 3.8) is 0 Å². The van der Waals surface area contributed by atoms with E-state index in [0.29, 0.717) is 28.7 Å². The van der Waals surface area contributed by atoms with Gasteiger partial charge < -0.3 is 15.5 Å². The van der Waals surface area contributed by atoms with Crippen LogP contribution in [0.25, 0.3) is 0 Å². The maximum absolute atomic E-state index is 13.4. The molecule has 2 N–H and O–H groups in total. The van der Waals surface area contributed by atoms with Gasteiger partial charge in [-0.1, -0.05) is 29.0 Å². The Morgan fingerprint density at radius 2 is 1.94 bits per heavy atom. The van der Waals surface area contributed by atoms with Crippen LogP contribution in [0, 0.1) is 18.6 Å². The molecule has 1 aliphatic heterocycles. The summed E-state index contributed by atoms with van der Waals surface area (Å²) in [6.07, 6.45) is 1.45. The van der Waals surface area contributed by atoms with Crippen LogP contribution in [0.5, 0.6) is 0 Å². The summed E-state index contributed by atoms with van der Waals surface area (Å²) in [5, 5.41) is 14.3. The Bertz CT molecular complexity index is 1190. The molecule has 0 spiro atoms. The van der Waals surface area contributed by atoms with Gasteiger partial charge in [0, 0.05) is 18.3 Å². The van der Waals surface area contributed by atoms with Crippen molar-refractivity contribution in [2.24, 2.45) is 0 Å². The molecule has 3 amide bonds. The lowest BCUT2D eigenvalue weighted by Gasteiger charge is -2.23. The first-order valence-electron chi connectivity index (χ1n) is 9.75. The standard InChI is InChI=1S/C21H18ClF2N5O2S/c1-11-4-7-16(13(22)9-11)26-21(31)29-8-2-3-17(29)19-27-28-20(32-19)18(30)25-12-5-6-14(23)15(24)10-12/h4-7,9-10,17H,2-3,8H2,1H3,(H,25,30)(H,26,31)/t17-/m0/s1. The van der Waals surface area contributed by atoms with Crippen LogP contribution in [0.3, 0.4) is 0 Å². The molecule has 0 aliphatic carbocycles. The van der Waals surface area contributed by atoms with Gasteiger partial charge in [0.2, 0.25) is 5.01 Å². The number of benzene rings is 2. The summed E-state index contributed by atoms with van der Waals surface area (Å²) in [4.78, 5) is 26.9. The van der Waals surface area contributed by atoms with E-state index in [1.54, 1.807) is 17.0 Å². The Hall–Kier alpha value is -3.11. The number of urea groups is 1. The first kappa shape index (κ1) is 22.1. The topological polar surface area (TPSA) is 87.2 Å². The highest BCUT2D eigenvalue weighted by Crippen LogP contribution is 2.34. The van der Waals surface area contributed by atoms with Crippen LogP contribution in [0.2, 0.25) is 5.02 Å². The molecule has 7 nitrogen and oxygen atoms in total. The van der Waals surface area contributed by atoms with E-state index in [1.165, 1.54) is 6.07 Å². The molecule has 2 heterocycles. The van der Waals surface area contributed by atoms with Crippen LogP contribution in [-0.2, 0) is 0 Å². The van der Waals surface area contributed by atoms with Crippen molar-refractivity contribution >= 4 is 46.3 Å². The Kier molecular flexibility index (Phi) is 6.33. The molecule has 1 atom stereocenters. The molecular weight excluding hydrogens is 460 g/mol. The van der Waals surface area contributed by atoms with E-state index in [9.17, 15) is 18.4 Å². The molecule has 1 fully saturated rings. The van der Waals surface area contributed by atoms with E-state index in [4.69, 9.17) is 11.6 Å². The zero-order chi connectivity index (χ0) is 22.8. The van der Waals surface area contributed by atoms with E-state index < -0.39 is 17.5 Å². The van der Waals surface area contributed by atoms with Crippen molar-refractivity contribution in [2.45, 2.75) is 25.8 Å². The molecule has 1 aromatic heterocycles. The lowest BCUT2D eigenvalue weighted by Crippen LogP contribution is -2.34. The highest BCUT2D eigenvalue weighted by Gasteiger charge is 2.33. The van der Waals surface area contributed by atoms with Crippen LogP contribution in [0.4, 0.5) is 25.0 Å².